The number of anilines is 2. The fourth-order valence-electron chi connectivity index (χ4n) is 3.15. The van der Waals surface area contributed by atoms with E-state index in [-0.39, 0.29) is 16.5 Å². The van der Waals surface area contributed by atoms with Gasteiger partial charge in [0.2, 0.25) is 11.8 Å². The number of rotatable bonds is 6. The maximum atomic E-state index is 13.2. The number of halogens is 2. The largest absolute Gasteiger partial charge is 0.326 e. The molecule has 0 aliphatic carbocycles. The number of benzene rings is 3. The normalized spacial score (nSPS) is 17.2. The molecule has 1 saturated heterocycles. The van der Waals surface area contributed by atoms with E-state index in [9.17, 15) is 18.0 Å². The number of amidine groups is 1. The molecular weight excluding hydrogens is 562 g/mol. The van der Waals surface area contributed by atoms with E-state index in [1.165, 1.54) is 17.0 Å². The van der Waals surface area contributed by atoms with Crippen molar-refractivity contribution in [2.24, 2.45) is 4.40 Å². The first-order chi connectivity index (χ1) is 16.2. The monoisotopic (exact) mass is 577 g/mol. The van der Waals surface area contributed by atoms with E-state index in [0.29, 0.717) is 16.4 Å². The van der Waals surface area contributed by atoms with Gasteiger partial charge in [0, 0.05) is 21.6 Å². The zero-order valence-corrected chi connectivity index (χ0v) is 21.4. The summed E-state index contributed by atoms with van der Waals surface area (Å²) >= 11 is 10.1. The van der Waals surface area contributed by atoms with Gasteiger partial charge in [0.05, 0.1) is 10.6 Å². The van der Waals surface area contributed by atoms with E-state index >= 15 is 0 Å². The van der Waals surface area contributed by atoms with Crippen LogP contribution >= 0.6 is 39.3 Å². The van der Waals surface area contributed by atoms with Gasteiger partial charge in [0.15, 0.2) is 5.17 Å². The van der Waals surface area contributed by atoms with E-state index in [0.717, 1.165) is 16.2 Å². The quantitative estimate of drug-likeness (QED) is 0.427. The third kappa shape index (κ3) is 5.69. The molecule has 3 aromatic rings. The Morgan fingerprint density at radius 2 is 1.68 bits per heavy atom. The third-order valence-electron chi connectivity index (χ3n) is 4.76. The Bertz CT molecular complexity index is 1350. The topological polar surface area (TPSA) is 95.9 Å². The van der Waals surface area contributed by atoms with Crippen molar-refractivity contribution in [2.75, 3.05) is 10.2 Å². The zero-order chi connectivity index (χ0) is 24.3. The molecule has 1 atom stereocenters. The van der Waals surface area contributed by atoms with Crippen molar-refractivity contribution in [3.8, 4) is 0 Å². The molecule has 1 heterocycles. The molecule has 11 heteroatoms. The minimum atomic E-state index is -4.09. The molecule has 34 heavy (non-hydrogen) atoms. The Labute approximate surface area is 214 Å². The SMILES string of the molecule is O=C(CC1S/C(=N/S(=O)(=O)c2ccc(Br)cc2)N(c2ccccc2)C1=O)Nc1ccc(Cl)cc1. The van der Waals surface area contributed by atoms with Crippen LogP contribution < -0.4 is 10.2 Å². The van der Waals surface area contributed by atoms with E-state index in [4.69, 9.17) is 11.6 Å². The molecule has 0 bridgehead atoms. The second-order valence-electron chi connectivity index (χ2n) is 7.18. The summed E-state index contributed by atoms with van der Waals surface area (Å²) in [5.41, 5.74) is 1.00. The number of carbonyl (C=O) groups is 2. The second kappa shape index (κ2) is 10.3. The Balaban J connectivity index is 1.61. The molecule has 174 valence electrons. The van der Waals surface area contributed by atoms with Crippen molar-refractivity contribution < 1.29 is 18.0 Å². The number of thioether (sulfide) groups is 1. The maximum Gasteiger partial charge on any atom is 0.284 e. The zero-order valence-electron chi connectivity index (χ0n) is 17.4. The minimum absolute atomic E-state index is 0.00630. The number of amides is 2. The molecule has 1 aliphatic heterocycles. The molecule has 1 fully saturated rings. The van der Waals surface area contributed by atoms with Crippen molar-refractivity contribution in [2.45, 2.75) is 16.6 Å². The van der Waals surface area contributed by atoms with E-state index < -0.39 is 27.1 Å². The summed E-state index contributed by atoms with van der Waals surface area (Å²) in [6, 6.07) is 21.2. The number of nitrogens with zero attached hydrogens (tertiary/aromatic N) is 2. The Morgan fingerprint density at radius 3 is 2.32 bits per heavy atom. The summed E-state index contributed by atoms with van der Waals surface area (Å²) in [4.78, 5) is 27.1. The Hall–Kier alpha value is -2.66. The van der Waals surface area contributed by atoms with Gasteiger partial charge < -0.3 is 5.32 Å². The molecular formula is C23H17BrClN3O4S2. The summed E-state index contributed by atoms with van der Waals surface area (Å²) in [7, 11) is -4.09. The molecule has 0 aromatic heterocycles. The van der Waals surface area contributed by atoms with E-state index in [1.54, 1.807) is 66.7 Å². The minimum Gasteiger partial charge on any atom is -0.326 e. The summed E-state index contributed by atoms with van der Waals surface area (Å²) in [6.07, 6.45) is -0.160. The number of sulfonamides is 1. The van der Waals surface area contributed by atoms with Crippen LogP contribution in [0.5, 0.6) is 0 Å². The van der Waals surface area contributed by atoms with Gasteiger partial charge in [-0.1, -0.05) is 57.5 Å². The lowest BCUT2D eigenvalue weighted by atomic mass is 10.2. The van der Waals surface area contributed by atoms with Gasteiger partial charge in [0.25, 0.3) is 10.0 Å². The number of hydrogen-bond acceptors (Lipinski definition) is 5. The lowest BCUT2D eigenvalue weighted by Gasteiger charge is -2.16. The van der Waals surface area contributed by atoms with E-state index in [2.05, 4.69) is 25.6 Å². The molecule has 0 spiro atoms. The van der Waals surface area contributed by atoms with Crippen LogP contribution in [0.3, 0.4) is 0 Å². The summed E-state index contributed by atoms with van der Waals surface area (Å²) in [6.45, 7) is 0. The first-order valence-electron chi connectivity index (χ1n) is 9.94. The molecule has 1 unspecified atom stereocenters. The first-order valence-corrected chi connectivity index (χ1v) is 13.4. The van der Waals surface area contributed by atoms with Gasteiger partial charge in [-0.3, -0.25) is 14.5 Å². The maximum absolute atomic E-state index is 13.2. The Morgan fingerprint density at radius 1 is 1.03 bits per heavy atom. The summed E-state index contributed by atoms with van der Waals surface area (Å²) in [5.74, 6) is -0.814. The smallest absolute Gasteiger partial charge is 0.284 e. The van der Waals surface area contributed by atoms with Crippen molar-refractivity contribution in [3.63, 3.8) is 0 Å². The van der Waals surface area contributed by atoms with Crippen LogP contribution in [0.15, 0.2) is 92.6 Å². The van der Waals surface area contributed by atoms with Crippen molar-refractivity contribution >= 4 is 77.7 Å². The average molecular weight is 579 g/mol. The van der Waals surface area contributed by atoms with Crippen LogP contribution in [0.2, 0.25) is 5.02 Å². The summed E-state index contributed by atoms with van der Waals surface area (Å²) in [5, 5.41) is 2.40. The van der Waals surface area contributed by atoms with Gasteiger partial charge >= 0.3 is 0 Å². The second-order valence-corrected chi connectivity index (χ2v) is 11.3. The van der Waals surface area contributed by atoms with Crippen LogP contribution in [0.4, 0.5) is 11.4 Å². The van der Waals surface area contributed by atoms with Gasteiger partial charge in [-0.25, -0.2) is 0 Å². The fraction of sp³-hybridized carbons (Fsp3) is 0.0870. The highest BCUT2D eigenvalue weighted by Gasteiger charge is 2.41. The van der Waals surface area contributed by atoms with Crippen molar-refractivity contribution in [1.82, 2.24) is 0 Å². The van der Waals surface area contributed by atoms with Crippen LogP contribution in [0.1, 0.15) is 6.42 Å². The van der Waals surface area contributed by atoms with Gasteiger partial charge in [0.1, 0.15) is 5.25 Å². The summed E-state index contributed by atoms with van der Waals surface area (Å²) < 4.78 is 30.6. The van der Waals surface area contributed by atoms with Gasteiger partial charge in [-0.2, -0.15) is 8.42 Å². The molecule has 2 amide bonds. The van der Waals surface area contributed by atoms with E-state index in [1.807, 2.05) is 0 Å². The molecule has 1 N–H and O–H groups in total. The Kier molecular flexibility index (Phi) is 7.42. The predicted octanol–water partition coefficient (Wildman–Crippen LogP) is 5.32. The molecule has 7 nitrogen and oxygen atoms in total. The van der Waals surface area contributed by atoms with Gasteiger partial charge in [-0.05, 0) is 60.7 Å². The lowest BCUT2D eigenvalue weighted by Crippen LogP contribution is -2.33. The lowest BCUT2D eigenvalue weighted by molar-refractivity contribution is -0.121. The fourth-order valence-corrected chi connectivity index (χ4v) is 5.88. The molecule has 0 saturated carbocycles. The molecule has 4 rings (SSSR count). The highest BCUT2D eigenvalue weighted by atomic mass is 79.9. The highest BCUT2D eigenvalue weighted by Crippen LogP contribution is 2.35. The molecule has 0 radical (unpaired) electrons. The van der Waals surface area contributed by atoms with Crippen LogP contribution in [-0.4, -0.2) is 30.6 Å². The van der Waals surface area contributed by atoms with Crippen molar-refractivity contribution in [1.29, 1.82) is 0 Å². The van der Waals surface area contributed by atoms with Crippen LogP contribution in [0.25, 0.3) is 0 Å². The number of nitrogens with one attached hydrogen (secondary N) is 1. The highest BCUT2D eigenvalue weighted by molar-refractivity contribution is 9.10. The predicted molar refractivity (Wildman–Crippen MR) is 139 cm³/mol. The molecule has 1 aliphatic rings. The number of para-hydroxylation sites is 1. The van der Waals surface area contributed by atoms with Crippen LogP contribution in [-0.2, 0) is 19.6 Å². The average Bonchev–Trinajstić information content (AvgIpc) is 3.10. The number of hydrogen-bond donors (Lipinski definition) is 1. The standard InChI is InChI=1S/C23H17BrClN3O4S2/c24-15-6-12-19(13-7-15)34(31,32)27-23-28(18-4-2-1-3-5-18)22(30)20(33-23)14-21(29)26-17-10-8-16(25)9-11-17/h1-13,20H,14H2,(H,26,29)/b27-23+. The number of carbonyl (C=O) groups excluding carboxylic acids is 2. The molecule has 3 aromatic carbocycles. The van der Waals surface area contributed by atoms with Crippen molar-refractivity contribution in [3.05, 3.63) is 88.4 Å². The van der Waals surface area contributed by atoms with Crippen LogP contribution in [0, 0.1) is 0 Å². The first kappa shape index (κ1) is 24.5. The third-order valence-corrected chi connectivity index (χ3v) is 8.07. The van der Waals surface area contributed by atoms with Gasteiger partial charge in [-0.15, -0.1) is 4.40 Å².